The van der Waals surface area contributed by atoms with Crippen LogP contribution in [0.3, 0.4) is 0 Å². The fourth-order valence-corrected chi connectivity index (χ4v) is 2.64. The Labute approximate surface area is 167 Å². The first-order chi connectivity index (χ1) is 13.9. The predicted octanol–water partition coefficient (Wildman–Crippen LogP) is 3.86. The Morgan fingerprint density at radius 3 is 2.10 bits per heavy atom. The normalized spacial score (nSPS) is 10.2. The smallest absolute Gasteiger partial charge is 0.347 e. The van der Waals surface area contributed by atoms with Gasteiger partial charge in [-0.2, -0.15) is 0 Å². The highest BCUT2D eigenvalue weighted by Gasteiger charge is 2.24. The lowest BCUT2D eigenvalue weighted by molar-refractivity contribution is -0.146. The van der Waals surface area contributed by atoms with Gasteiger partial charge in [-0.15, -0.1) is 0 Å². The minimum Gasteiger partial charge on any atom is -0.462 e. The fourth-order valence-electron chi connectivity index (χ4n) is 2.64. The number of ether oxygens (including phenoxy) is 2. The van der Waals surface area contributed by atoms with Crippen LogP contribution in [0.5, 0.6) is 0 Å². The molecule has 0 atom stereocenters. The minimum absolute atomic E-state index is 0.00758. The molecular formula is C21H22F2N2O4. The van der Waals surface area contributed by atoms with Gasteiger partial charge in [-0.3, -0.25) is 4.98 Å². The van der Waals surface area contributed by atoms with E-state index < -0.39 is 23.6 Å². The number of carbonyl (C=O) groups is 2. The van der Waals surface area contributed by atoms with Crippen molar-refractivity contribution in [2.75, 3.05) is 24.7 Å². The van der Waals surface area contributed by atoms with Crippen LogP contribution in [0, 0.1) is 11.6 Å². The van der Waals surface area contributed by atoms with Gasteiger partial charge in [0.05, 0.1) is 24.5 Å². The zero-order chi connectivity index (χ0) is 21.4. The summed E-state index contributed by atoms with van der Waals surface area (Å²) in [5.74, 6) is -3.35. The number of halogens is 2. The molecular weight excluding hydrogens is 382 g/mol. The number of nitrogens with zero attached hydrogens (tertiary/aromatic N) is 2. The average molecular weight is 404 g/mol. The van der Waals surface area contributed by atoms with E-state index in [1.165, 1.54) is 35.5 Å². The van der Waals surface area contributed by atoms with Crippen LogP contribution in [0.25, 0.3) is 11.1 Å². The third-order valence-electron chi connectivity index (χ3n) is 3.97. The first-order valence-corrected chi connectivity index (χ1v) is 9.15. The number of benzene rings is 1. The Morgan fingerprint density at radius 2 is 1.59 bits per heavy atom. The highest BCUT2D eigenvalue weighted by atomic mass is 19.1. The molecule has 1 aromatic carbocycles. The molecule has 0 unspecified atom stereocenters. The van der Waals surface area contributed by atoms with Crippen LogP contribution in [-0.2, 0) is 19.1 Å². The van der Waals surface area contributed by atoms with E-state index in [0.717, 1.165) is 12.3 Å². The number of hydrogen-bond acceptors (Lipinski definition) is 6. The van der Waals surface area contributed by atoms with E-state index in [-0.39, 0.29) is 36.6 Å². The van der Waals surface area contributed by atoms with E-state index in [0.29, 0.717) is 5.56 Å². The highest BCUT2D eigenvalue weighted by molar-refractivity contribution is 6.14. The number of hydrogen-bond donors (Lipinski definition) is 0. The topological polar surface area (TPSA) is 68.7 Å². The Kier molecular flexibility index (Phi) is 7.82. The number of carbonyl (C=O) groups excluding carboxylic acids is 2. The monoisotopic (exact) mass is 404 g/mol. The van der Waals surface area contributed by atoms with Gasteiger partial charge >= 0.3 is 11.9 Å². The maximum Gasteiger partial charge on any atom is 0.347 e. The summed E-state index contributed by atoms with van der Waals surface area (Å²) in [5, 5.41) is 0. The average Bonchev–Trinajstić information content (AvgIpc) is 2.71. The summed E-state index contributed by atoms with van der Waals surface area (Å²) < 4.78 is 39.4. The minimum atomic E-state index is -0.888. The number of pyridine rings is 1. The molecule has 1 aromatic heterocycles. The van der Waals surface area contributed by atoms with E-state index >= 15 is 4.39 Å². The van der Waals surface area contributed by atoms with Gasteiger partial charge in [-0.25, -0.2) is 18.4 Å². The molecule has 2 rings (SSSR count). The molecule has 0 spiro atoms. The van der Waals surface area contributed by atoms with Crippen LogP contribution in [0.15, 0.2) is 48.4 Å². The van der Waals surface area contributed by atoms with Gasteiger partial charge in [0.1, 0.15) is 5.82 Å². The molecule has 1 heterocycles. The highest BCUT2D eigenvalue weighted by Crippen LogP contribution is 2.32. The first kappa shape index (κ1) is 22.0. The second-order valence-corrected chi connectivity index (χ2v) is 5.76. The second kappa shape index (κ2) is 10.3. The summed E-state index contributed by atoms with van der Waals surface area (Å²) in [6.45, 7) is 5.19. The summed E-state index contributed by atoms with van der Waals surface area (Å²) >= 11 is 0. The van der Waals surface area contributed by atoms with Crippen LogP contribution in [0.2, 0.25) is 0 Å². The molecule has 0 saturated heterocycles. The van der Waals surface area contributed by atoms with E-state index in [9.17, 15) is 14.0 Å². The van der Waals surface area contributed by atoms with Gasteiger partial charge in [0, 0.05) is 25.1 Å². The molecule has 0 saturated carbocycles. The third-order valence-corrected chi connectivity index (χ3v) is 3.97. The van der Waals surface area contributed by atoms with Gasteiger partial charge in [0.15, 0.2) is 11.4 Å². The molecule has 0 amide bonds. The van der Waals surface area contributed by atoms with Gasteiger partial charge in [0.2, 0.25) is 0 Å². The molecule has 8 heteroatoms. The van der Waals surface area contributed by atoms with Crippen LogP contribution in [0.4, 0.5) is 14.5 Å². The fraction of sp³-hybridized carbons (Fsp3) is 0.286. The lowest BCUT2D eigenvalue weighted by Gasteiger charge is -2.22. The summed E-state index contributed by atoms with van der Waals surface area (Å²) in [6, 6.07) is 5.34. The van der Waals surface area contributed by atoms with Crippen molar-refractivity contribution in [2.45, 2.75) is 20.8 Å². The summed E-state index contributed by atoms with van der Waals surface area (Å²) in [7, 11) is 0. The lowest BCUT2D eigenvalue weighted by atomic mass is 10.0. The zero-order valence-electron chi connectivity index (χ0n) is 16.4. The maximum absolute atomic E-state index is 15.2. The van der Waals surface area contributed by atoms with Crippen molar-refractivity contribution >= 4 is 17.6 Å². The number of anilines is 1. The summed E-state index contributed by atoms with van der Waals surface area (Å²) in [5.41, 5.74) is -0.310. The van der Waals surface area contributed by atoms with Gasteiger partial charge < -0.3 is 14.4 Å². The zero-order valence-corrected chi connectivity index (χ0v) is 16.4. The molecule has 6 nitrogen and oxygen atoms in total. The molecule has 0 N–H and O–H groups in total. The Balaban J connectivity index is 2.56. The SMILES string of the molecule is CCOC(=O)C(=CN(CC)c1ccc(F)c(-c2ccncc2)c1F)C(=O)OCC. The molecule has 0 bridgehead atoms. The van der Waals surface area contributed by atoms with Crippen LogP contribution < -0.4 is 4.90 Å². The van der Waals surface area contributed by atoms with E-state index in [1.807, 2.05) is 0 Å². The molecule has 2 aromatic rings. The molecule has 29 heavy (non-hydrogen) atoms. The van der Waals surface area contributed by atoms with E-state index in [2.05, 4.69) is 4.98 Å². The van der Waals surface area contributed by atoms with Crippen molar-refractivity contribution in [1.29, 1.82) is 0 Å². The van der Waals surface area contributed by atoms with Crippen molar-refractivity contribution in [3.05, 3.63) is 60.1 Å². The van der Waals surface area contributed by atoms with E-state index in [1.54, 1.807) is 20.8 Å². The largest absolute Gasteiger partial charge is 0.462 e. The molecule has 0 aliphatic carbocycles. The third kappa shape index (κ3) is 5.16. The quantitative estimate of drug-likeness (QED) is 0.288. The second-order valence-electron chi connectivity index (χ2n) is 5.76. The Morgan fingerprint density at radius 1 is 1.00 bits per heavy atom. The van der Waals surface area contributed by atoms with Crippen molar-refractivity contribution in [1.82, 2.24) is 4.98 Å². The summed E-state index contributed by atoms with van der Waals surface area (Å²) in [4.78, 5) is 29.6. The number of aromatic nitrogens is 1. The number of rotatable bonds is 8. The molecule has 154 valence electrons. The van der Waals surface area contributed by atoms with Crippen LogP contribution in [-0.4, -0.2) is 36.7 Å². The van der Waals surface area contributed by atoms with Crippen LogP contribution in [0.1, 0.15) is 20.8 Å². The van der Waals surface area contributed by atoms with Gasteiger partial charge in [0.25, 0.3) is 0 Å². The van der Waals surface area contributed by atoms with E-state index in [4.69, 9.17) is 9.47 Å². The predicted molar refractivity (Wildman–Crippen MR) is 104 cm³/mol. The van der Waals surface area contributed by atoms with Crippen molar-refractivity contribution in [2.24, 2.45) is 0 Å². The lowest BCUT2D eigenvalue weighted by Crippen LogP contribution is -2.25. The van der Waals surface area contributed by atoms with Crippen molar-refractivity contribution in [3.63, 3.8) is 0 Å². The molecule has 0 aliphatic heterocycles. The standard InChI is InChI=1S/C21H22F2N2O4/c1-4-25(13-15(20(26)28-5-2)21(27)29-6-3)17-8-7-16(22)18(19(17)23)14-9-11-24-12-10-14/h7-13H,4-6H2,1-3H3. The molecule has 0 fully saturated rings. The Bertz CT molecular complexity index is 881. The maximum atomic E-state index is 15.2. The van der Waals surface area contributed by atoms with Gasteiger partial charge in [-0.05, 0) is 50.6 Å². The van der Waals surface area contributed by atoms with Crippen molar-refractivity contribution < 1.29 is 27.8 Å². The van der Waals surface area contributed by atoms with Crippen LogP contribution >= 0.6 is 0 Å². The number of esters is 2. The first-order valence-electron chi connectivity index (χ1n) is 9.15. The molecule has 0 aliphatic rings. The Hall–Kier alpha value is -3.29. The summed E-state index contributed by atoms with van der Waals surface area (Å²) in [6.07, 6.45) is 4.01. The molecule has 0 radical (unpaired) electrons. The van der Waals surface area contributed by atoms with Gasteiger partial charge in [-0.1, -0.05) is 0 Å². The van der Waals surface area contributed by atoms with Crippen molar-refractivity contribution in [3.8, 4) is 11.1 Å².